The monoisotopic (exact) mass is 354 g/mol. The molecule has 0 saturated heterocycles. The largest absolute Gasteiger partial charge is 0.340 e. The number of halogens is 1. The van der Waals surface area contributed by atoms with Crippen LogP contribution in [0.15, 0.2) is 27.6 Å². The van der Waals surface area contributed by atoms with Crippen LogP contribution in [0, 0.1) is 0 Å². The molecule has 108 valence electrons. The molecule has 0 aliphatic carbocycles. The Morgan fingerprint density at radius 2 is 2.05 bits per heavy atom. The summed E-state index contributed by atoms with van der Waals surface area (Å²) in [6.07, 6.45) is 5.54. The van der Waals surface area contributed by atoms with Gasteiger partial charge in [0.25, 0.3) is 0 Å². The zero-order valence-corrected chi connectivity index (χ0v) is 14.1. The molecule has 0 spiro atoms. The van der Waals surface area contributed by atoms with Crippen LogP contribution >= 0.6 is 27.3 Å². The molecule has 0 bridgehead atoms. The molecule has 6 heteroatoms. The van der Waals surface area contributed by atoms with E-state index in [1.54, 1.807) is 11.3 Å². The van der Waals surface area contributed by atoms with Gasteiger partial charge in [0, 0.05) is 32.0 Å². The van der Waals surface area contributed by atoms with E-state index >= 15 is 0 Å². The van der Waals surface area contributed by atoms with Crippen LogP contribution in [0.2, 0.25) is 0 Å². The van der Waals surface area contributed by atoms with Gasteiger partial charge >= 0.3 is 0 Å². The van der Waals surface area contributed by atoms with Gasteiger partial charge in [0.15, 0.2) is 0 Å². The van der Waals surface area contributed by atoms with Gasteiger partial charge in [-0.1, -0.05) is 6.92 Å². The van der Waals surface area contributed by atoms with E-state index in [0.29, 0.717) is 0 Å². The van der Waals surface area contributed by atoms with E-state index in [4.69, 9.17) is 5.73 Å². The molecule has 2 rings (SSSR count). The second-order valence-electron chi connectivity index (χ2n) is 4.88. The Morgan fingerprint density at radius 3 is 2.60 bits per heavy atom. The van der Waals surface area contributed by atoms with Gasteiger partial charge in [-0.2, -0.15) is 0 Å². The number of hydrogen-bond acceptors (Lipinski definition) is 5. The van der Waals surface area contributed by atoms with E-state index in [1.165, 1.54) is 5.56 Å². The van der Waals surface area contributed by atoms with Crippen molar-refractivity contribution < 1.29 is 0 Å². The third kappa shape index (κ3) is 4.26. The lowest BCUT2D eigenvalue weighted by Crippen LogP contribution is -2.22. The highest BCUT2D eigenvalue weighted by atomic mass is 79.9. The van der Waals surface area contributed by atoms with Crippen molar-refractivity contribution in [1.82, 2.24) is 9.97 Å². The van der Waals surface area contributed by atoms with E-state index in [1.807, 2.05) is 24.3 Å². The van der Waals surface area contributed by atoms with Crippen LogP contribution in [0.3, 0.4) is 0 Å². The molecule has 0 saturated carbocycles. The van der Waals surface area contributed by atoms with Gasteiger partial charge in [-0.3, -0.25) is 0 Å². The lowest BCUT2D eigenvalue weighted by atomic mass is 10.1. The van der Waals surface area contributed by atoms with Crippen LogP contribution in [-0.2, 0) is 13.0 Å². The van der Waals surface area contributed by atoms with Gasteiger partial charge in [0.1, 0.15) is 0 Å². The van der Waals surface area contributed by atoms with Crippen molar-refractivity contribution in [1.29, 1.82) is 0 Å². The van der Waals surface area contributed by atoms with E-state index in [2.05, 4.69) is 44.3 Å². The zero-order chi connectivity index (χ0) is 14.5. The minimum Gasteiger partial charge on any atom is -0.340 e. The molecule has 20 heavy (non-hydrogen) atoms. The minimum atomic E-state index is 0.185. The first kappa shape index (κ1) is 15.4. The molecule has 4 nitrogen and oxygen atoms in total. The molecule has 0 aliphatic heterocycles. The summed E-state index contributed by atoms with van der Waals surface area (Å²) in [6.45, 7) is 2.89. The van der Waals surface area contributed by atoms with E-state index in [-0.39, 0.29) is 6.04 Å². The summed E-state index contributed by atoms with van der Waals surface area (Å²) < 4.78 is 1.14. The molecule has 1 atom stereocenters. The van der Waals surface area contributed by atoms with Crippen LogP contribution in [0.25, 0.3) is 0 Å². The summed E-state index contributed by atoms with van der Waals surface area (Å²) in [6, 6.07) is 2.31. The molecular formula is C14H19BrN4S. The number of anilines is 1. The van der Waals surface area contributed by atoms with Crippen molar-refractivity contribution in [3.8, 4) is 0 Å². The highest BCUT2D eigenvalue weighted by Crippen LogP contribution is 2.22. The Hall–Kier alpha value is -0.980. The predicted octanol–water partition coefficient (Wildman–Crippen LogP) is 3.22. The normalized spacial score (nSPS) is 12.4. The van der Waals surface area contributed by atoms with Gasteiger partial charge in [0.05, 0.1) is 3.79 Å². The first-order valence-corrected chi connectivity index (χ1v) is 8.26. The number of thiophene rings is 1. The maximum Gasteiger partial charge on any atom is 0.225 e. The van der Waals surface area contributed by atoms with Crippen LogP contribution in [-0.4, -0.2) is 23.1 Å². The fourth-order valence-corrected chi connectivity index (χ4v) is 3.07. The van der Waals surface area contributed by atoms with Crippen molar-refractivity contribution in [2.45, 2.75) is 32.4 Å². The van der Waals surface area contributed by atoms with Gasteiger partial charge in [0.2, 0.25) is 5.95 Å². The molecule has 0 aromatic carbocycles. The molecule has 0 fully saturated rings. The molecule has 0 radical (unpaired) electrons. The molecule has 2 aromatic heterocycles. The molecular weight excluding hydrogens is 336 g/mol. The van der Waals surface area contributed by atoms with Gasteiger partial charge in [-0.05, 0) is 51.3 Å². The Bertz CT molecular complexity index is 540. The molecule has 1 unspecified atom stereocenters. The van der Waals surface area contributed by atoms with Crippen molar-refractivity contribution in [2.75, 3.05) is 11.9 Å². The number of hydrogen-bond donors (Lipinski definition) is 1. The van der Waals surface area contributed by atoms with Gasteiger partial charge in [-0.25, -0.2) is 9.97 Å². The second kappa shape index (κ2) is 7.15. The Labute approximate surface area is 132 Å². The SMILES string of the molecule is CCC(N)Cc1cnc(N(C)Cc2csc(Br)c2)nc1. The quantitative estimate of drug-likeness (QED) is 0.865. The van der Waals surface area contributed by atoms with Crippen LogP contribution in [0.4, 0.5) is 5.95 Å². The average Bonchev–Trinajstić information content (AvgIpc) is 2.84. The minimum absolute atomic E-state index is 0.185. The summed E-state index contributed by atoms with van der Waals surface area (Å²) in [4.78, 5) is 10.9. The third-order valence-electron chi connectivity index (χ3n) is 3.10. The highest BCUT2D eigenvalue weighted by Gasteiger charge is 2.08. The lowest BCUT2D eigenvalue weighted by Gasteiger charge is -2.16. The summed E-state index contributed by atoms with van der Waals surface area (Å²) in [5.41, 5.74) is 8.29. The Balaban J connectivity index is 1.98. The summed E-state index contributed by atoms with van der Waals surface area (Å²) in [7, 11) is 2.00. The molecule has 2 heterocycles. The second-order valence-corrected chi connectivity index (χ2v) is 7.17. The van der Waals surface area contributed by atoms with Crippen molar-refractivity contribution in [2.24, 2.45) is 5.73 Å². The summed E-state index contributed by atoms with van der Waals surface area (Å²) >= 11 is 5.16. The number of rotatable bonds is 6. The van der Waals surface area contributed by atoms with Crippen LogP contribution < -0.4 is 10.6 Å². The first-order chi connectivity index (χ1) is 9.58. The standard InChI is InChI=1S/C14H19BrN4S/c1-3-12(16)4-10-6-17-14(18-7-10)19(2)8-11-5-13(15)20-9-11/h5-7,9,12H,3-4,8,16H2,1-2H3. The van der Waals surface area contributed by atoms with Crippen LogP contribution in [0.1, 0.15) is 24.5 Å². The molecule has 2 aromatic rings. The predicted molar refractivity (Wildman–Crippen MR) is 88.1 cm³/mol. The number of nitrogens with zero attached hydrogens (tertiary/aromatic N) is 3. The third-order valence-corrected chi connectivity index (χ3v) is 4.65. The fourth-order valence-electron chi connectivity index (χ4n) is 1.87. The Morgan fingerprint density at radius 1 is 1.35 bits per heavy atom. The maximum absolute atomic E-state index is 5.94. The van der Waals surface area contributed by atoms with Crippen molar-refractivity contribution >= 4 is 33.2 Å². The lowest BCUT2D eigenvalue weighted by molar-refractivity contribution is 0.643. The van der Waals surface area contributed by atoms with E-state index in [9.17, 15) is 0 Å². The number of aromatic nitrogens is 2. The van der Waals surface area contributed by atoms with Crippen molar-refractivity contribution in [3.05, 3.63) is 38.8 Å². The summed E-state index contributed by atoms with van der Waals surface area (Å²) in [5.74, 6) is 0.737. The van der Waals surface area contributed by atoms with Gasteiger partial charge < -0.3 is 10.6 Å². The average molecular weight is 355 g/mol. The summed E-state index contributed by atoms with van der Waals surface area (Å²) in [5, 5.41) is 2.13. The van der Waals surface area contributed by atoms with E-state index < -0.39 is 0 Å². The van der Waals surface area contributed by atoms with Crippen LogP contribution in [0.5, 0.6) is 0 Å². The van der Waals surface area contributed by atoms with E-state index in [0.717, 1.165) is 34.7 Å². The molecule has 2 N–H and O–H groups in total. The zero-order valence-electron chi connectivity index (χ0n) is 11.7. The molecule has 0 aliphatic rings. The smallest absolute Gasteiger partial charge is 0.225 e. The number of nitrogens with two attached hydrogens (primary N) is 1. The first-order valence-electron chi connectivity index (χ1n) is 6.59. The van der Waals surface area contributed by atoms with Gasteiger partial charge in [-0.15, -0.1) is 11.3 Å². The topological polar surface area (TPSA) is 55.0 Å². The molecule has 0 amide bonds. The maximum atomic E-state index is 5.94. The van der Waals surface area contributed by atoms with Crippen molar-refractivity contribution in [3.63, 3.8) is 0 Å². The fraction of sp³-hybridized carbons (Fsp3) is 0.429. The Kier molecular flexibility index (Phi) is 5.51. The highest BCUT2D eigenvalue weighted by molar-refractivity contribution is 9.11.